The fourth-order valence-corrected chi connectivity index (χ4v) is 1.12. The van der Waals surface area contributed by atoms with Crippen LogP contribution in [0.2, 0.25) is 0 Å². The Morgan fingerprint density at radius 2 is 2.18 bits per heavy atom. The third-order valence-corrected chi connectivity index (χ3v) is 1.74. The number of esters is 1. The van der Waals surface area contributed by atoms with Gasteiger partial charge in [0.1, 0.15) is 5.60 Å². The first-order valence-electron chi connectivity index (χ1n) is 4.97. The smallest absolute Gasteiger partial charge is 0.360 e. The molecule has 5 nitrogen and oxygen atoms in total. The lowest BCUT2D eigenvalue weighted by Crippen LogP contribution is -2.30. The van der Waals surface area contributed by atoms with Crippen molar-refractivity contribution in [2.24, 2.45) is 10.9 Å². The molecule has 0 spiro atoms. The summed E-state index contributed by atoms with van der Waals surface area (Å²) in [6.45, 7) is 5.08. The molecule has 17 heavy (non-hydrogen) atoms. The van der Waals surface area contributed by atoms with Crippen LogP contribution in [0.25, 0.3) is 0 Å². The Balaban J connectivity index is 3.03. The summed E-state index contributed by atoms with van der Waals surface area (Å²) in [6, 6.07) is 2.84. The summed E-state index contributed by atoms with van der Waals surface area (Å²) in [5.41, 5.74) is -1.07. The van der Waals surface area contributed by atoms with E-state index in [4.69, 9.17) is 10.6 Å². The van der Waals surface area contributed by atoms with E-state index in [1.165, 1.54) is 18.3 Å². The number of carbonyl (C=O) groups excluding carboxylic acids is 1. The van der Waals surface area contributed by atoms with Gasteiger partial charge in [0.15, 0.2) is 5.71 Å². The number of hydrazone groups is 1. The van der Waals surface area contributed by atoms with E-state index in [-0.39, 0.29) is 11.3 Å². The largest absolute Gasteiger partial charge is 0.455 e. The van der Waals surface area contributed by atoms with Crippen LogP contribution in [0.3, 0.4) is 0 Å². The van der Waals surface area contributed by atoms with Crippen LogP contribution in [0, 0.1) is 5.95 Å². The monoisotopic (exact) mass is 239 g/mol. The Bertz CT molecular complexity index is 452. The van der Waals surface area contributed by atoms with Crippen molar-refractivity contribution < 1.29 is 13.9 Å². The molecule has 6 heteroatoms. The fourth-order valence-electron chi connectivity index (χ4n) is 1.12. The van der Waals surface area contributed by atoms with E-state index < -0.39 is 17.5 Å². The minimum Gasteiger partial charge on any atom is -0.455 e. The van der Waals surface area contributed by atoms with E-state index in [0.29, 0.717) is 0 Å². The van der Waals surface area contributed by atoms with Crippen molar-refractivity contribution in [3.05, 3.63) is 29.8 Å². The molecule has 0 radical (unpaired) electrons. The van der Waals surface area contributed by atoms with Gasteiger partial charge in [0.25, 0.3) is 0 Å². The maximum atomic E-state index is 13.4. The molecule has 1 aromatic rings. The second kappa shape index (κ2) is 4.90. The van der Waals surface area contributed by atoms with E-state index in [1.54, 1.807) is 20.8 Å². The van der Waals surface area contributed by atoms with Gasteiger partial charge in [-0.05, 0) is 32.9 Å². The second-order valence-corrected chi connectivity index (χ2v) is 4.32. The highest BCUT2D eigenvalue weighted by atomic mass is 19.1. The first-order chi connectivity index (χ1) is 7.85. The van der Waals surface area contributed by atoms with Crippen LogP contribution in [0.1, 0.15) is 26.3 Å². The van der Waals surface area contributed by atoms with Crippen molar-refractivity contribution in [1.29, 1.82) is 0 Å². The van der Waals surface area contributed by atoms with Crippen LogP contribution in [-0.2, 0) is 9.53 Å². The lowest BCUT2D eigenvalue weighted by atomic mass is 10.1. The first-order valence-corrected chi connectivity index (χ1v) is 4.97. The van der Waals surface area contributed by atoms with Crippen molar-refractivity contribution in [1.82, 2.24) is 4.98 Å². The molecule has 1 rings (SSSR count). The van der Waals surface area contributed by atoms with Crippen LogP contribution < -0.4 is 5.84 Å². The minimum absolute atomic E-state index is 0.0794. The van der Waals surface area contributed by atoms with Gasteiger partial charge in [0.05, 0.1) is 5.56 Å². The lowest BCUT2D eigenvalue weighted by Gasteiger charge is -2.19. The molecule has 1 heterocycles. The number of nitrogens with zero attached hydrogens (tertiary/aromatic N) is 2. The number of hydrogen-bond acceptors (Lipinski definition) is 5. The van der Waals surface area contributed by atoms with Crippen molar-refractivity contribution in [2.45, 2.75) is 26.4 Å². The summed E-state index contributed by atoms with van der Waals surface area (Å²) in [5, 5.41) is 3.27. The van der Waals surface area contributed by atoms with Crippen LogP contribution in [-0.4, -0.2) is 22.3 Å². The molecule has 0 bridgehead atoms. The molecule has 0 aliphatic carbocycles. The first kappa shape index (κ1) is 13.1. The van der Waals surface area contributed by atoms with E-state index in [1.807, 2.05) is 0 Å². The molecule has 0 unspecified atom stereocenters. The van der Waals surface area contributed by atoms with Gasteiger partial charge in [-0.25, -0.2) is 9.78 Å². The number of aromatic nitrogens is 1. The maximum absolute atomic E-state index is 13.4. The third kappa shape index (κ3) is 3.51. The number of carbonyl (C=O) groups is 1. The van der Waals surface area contributed by atoms with Crippen molar-refractivity contribution >= 4 is 11.7 Å². The summed E-state index contributed by atoms with van der Waals surface area (Å²) in [5.74, 6) is 3.48. The Morgan fingerprint density at radius 1 is 1.53 bits per heavy atom. The van der Waals surface area contributed by atoms with Gasteiger partial charge in [-0.3, -0.25) is 0 Å². The molecule has 0 saturated carbocycles. The molecule has 0 aliphatic rings. The highest BCUT2D eigenvalue weighted by molar-refractivity contribution is 6.43. The Labute approximate surface area is 98.5 Å². The van der Waals surface area contributed by atoms with E-state index in [9.17, 15) is 9.18 Å². The molecule has 0 fully saturated rings. The number of rotatable bonds is 2. The molecular formula is C11H14FN3O2. The Hall–Kier alpha value is -1.98. The summed E-state index contributed by atoms with van der Waals surface area (Å²) >= 11 is 0. The Kier molecular flexibility index (Phi) is 3.77. The molecule has 0 saturated heterocycles. The number of hydrogen-bond donors (Lipinski definition) is 1. The van der Waals surface area contributed by atoms with E-state index in [0.717, 1.165) is 0 Å². The van der Waals surface area contributed by atoms with Gasteiger partial charge in [-0.2, -0.15) is 9.49 Å². The number of pyridine rings is 1. The zero-order valence-electron chi connectivity index (χ0n) is 9.90. The minimum atomic E-state index is -0.817. The van der Waals surface area contributed by atoms with Gasteiger partial charge < -0.3 is 10.6 Å². The van der Waals surface area contributed by atoms with Gasteiger partial charge in [0, 0.05) is 6.20 Å². The van der Waals surface area contributed by atoms with Crippen molar-refractivity contribution in [3.63, 3.8) is 0 Å². The summed E-state index contributed by atoms with van der Waals surface area (Å²) < 4.78 is 18.4. The van der Waals surface area contributed by atoms with E-state index in [2.05, 4.69) is 10.1 Å². The van der Waals surface area contributed by atoms with Gasteiger partial charge in [-0.15, -0.1) is 0 Å². The quantitative estimate of drug-likeness (QED) is 0.277. The van der Waals surface area contributed by atoms with Crippen molar-refractivity contribution in [3.8, 4) is 0 Å². The molecule has 0 aromatic carbocycles. The highest BCUT2D eigenvalue weighted by Crippen LogP contribution is 2.11. The zero-order chi connectivity index (χ0) is 13.1. The maximum Gasteiger partial charge on any atom is 0.360 e. The predicted octanol–water partition coefficient (Wildman–Crippen LogP) is 1.23. The van der Waals surface area contributed by atoms with Gasteiger partial charge >= 0.3 is 5.97 Å². The van der Waals surface area contributed by atoms with Crippen LogP contribution in [0.4, 0.5) is 4.39 Å². The van der Waals surface area contributed by atoms with E-state index >= 15 is 0 Å². The molecule has 2 N–H and O–H groups in total. The number of halogens is 1. The zero-order valence-corrected chi connectivity index (χ0v) is 9.90. The lowest BCUT2D eigenvalue weighted by molar-refractivity contribution is -0.146. The summed E-state index contributed by atoms with van der Waals surface area (Å²) in [6.07, 6.45) is 1.27. The van der Waals surface area contributed by atoms with Gasteiger partial charge in [-0.1, -0.05) is 0 Å². The normalized spacial score (nSPS) is 12.4. The van der Waals surface area contributed by atoms with Crippen LogP contribution >= 0.6 is 0 Å². The predicted molar refractivity (Wildman–Crippen MR) is 60.8 cm³/mol. The van der Waals surface area contributed by atoms with Crippen LogP contribution in [0.5, 0.6) is 0 Å². The second-order valence-electron chi connectivity index (χ2n) is 4.32. The fraction of sp³-hybridized carbons (Fsp3) is 0.364. The molecular weight excluding hydrogens is 225 g/mol. The van der Waals surface area contributed by atoms with Crippen LogP contribution in [0.15, 0.2) is 23.4 Å². The Morgan fingerprint density at radius 3 is 2.65 bits per heavy atom. The topological polar surface area (TPSA) is 77.6 Å². The average molecular weight is 239 g/mol. The molecule has 0 amide bonds. The molecule has 0 atom stereocenters. The summed E-state index contributed by atoms with van der Waals surface area (Å²) in [7, 11) is 0. The third-order valence-electron chi connectivity index (χ3n) is 1.74. The molecule has 1 aromatic heterocycles. The standard InChI is InChI=1S/C11H14FN3O2/c1-11(2,3)17-10(16)8(15-13)7-5-4-6-14-9(7)12/h4-6H,13H2,1-3H3. The number of nitrogens with two attached hydrogens (primary N) is 1. The molecule has 0 aliphatic heterocycles. The SMILES string of the molecule is CC(C)(C)OC(=O)C(=NN)c1cccnc1F. The molecule has 92 valence electrons. The summed E-state index contributed by atoms with van der Waals surface area (Å²) in [4.78, 5) is 15.1. The van der Waals surface area contributed by atoms with Gasteiger partial charge in [0.2, 0.25) is 5.95 Å². The van der Waals surface area contributed by atoms with Crippen molar-refractivity contribution in [2.75, 3.05) is 0 Å². The highest BCUT2D eigenvalue weighted by Gasteiger charge is 2.24. The number of ether oxygens (including phenoxy) is 1. The average Bonchev–Trinajstić information content (AvgIpc) is 2.19.